The molecule has 0 spiro atoms. The van der Waals surface area contributed by atoms with E-state index < -0.39 is 0 Å². The average Bonchev–Trinajstić information content (AvgIpc) is 3.57. The number of hydrogen-bond donors (Lipinski definition) is 3. The molecule has 3 aliphatic heterocycles. The Labute approximate surface area is 211 Å². The SMILES string of the molecule is CC.CN/C=C(/C)N.COC1=C(C)C2CC2C(CC2N=C3N(CCC[C@]3(C)c3ccccc3)N2)=N1. The van der Waals surface area contributed by atoms with Crippen LogP contribution in [0.3, 0.4) is 0 Å². The highest BCUT2D eigenvalue weighted by molar-refractivity contribution is 5.96. The molecule has 4 aliphatic rings. The summed E-state index contributed by atoms with van der Waals surface area (Å²) >= 11 is 0. The summed E-state index contributed by atoms with van der Waals surface area (Å²) in [7, 11) is 3.54. The number of methoxy groups -OCH3 is 1. The minimum atomic E-state index is -0.0219. The van der Waals surface area contributed by atoms with E-state index in [1.165, 1.54) is 35.5 Å². The van der Waals surface area contributed by atoms with Gasteiger partial charge in [-0.2, -0.15) is 0 Å². The highest BCUT2D eigenvalue weighted by Gasteiger charge is 2.48. The van der Waals surface area contributed by atoms with Crippen molar-refractivity contribution in [2.45, 2.75) is 71.9 Å². The Morgan fingerprint density at radius 2 is 2.00 bits per heavy atom. The number of nitrogens with one attached hydrogen (secondary N) is 2. The van der Waals surface area contributed by atoms with Gasteiger partial charge in [0.05, 0.1) is 12.5 Å². The van der Waals surface area contributed by atoms with Crippen molar-refractivity contribution in [3.05, 3.63) is 59.2 Å². The number of allylic oxidation sites excluding steroid dienone is 2. The second-order valence-corrected chi connectivity index (χ2v) is 9.68. The Hall–Kier alpha value is -2.80. The predicted octanol–water partition coefficient (Wildman–Crippen LogP) is 4.69. The van der Waals surface area contributed by atoms with Crippen LogP contribution in [0.25, 0.3) is 0 Å². The highest BCUT2D eigenvalue weighted by atomic mass is 16.5. The van der Waals surface area contributed by atoms with Crippen molar-refractivity contribution >= 4 is 11.5 Å². The van der Waals surface area contributed by atoms with Crippen LogP contribution in [0, 0.1) is 11.8 Å². The van der Waals surface area contributed by atoms with Crippen molar-refractivity contribution in [2.75, 3.05) is 20.7 Å². The molecule has 0 amide bonds. The van der Waals surface area contributed by atoms with Crippen molar-refractivity contribution in [2.24, 2.45) is 27.6 Å². The van der Waals surface area contributed by atoms with Crippen molar-refractivity contribution < 1.29 is 4.74 Å². The zero-order valence-corrected chi connectivity index (χ0v) is 22.6. The second-order valence-electron chi connectivity index (χ2n) is 9.68. The molecule has 7 nitrogen and oxygen atoms in total. The molecule has 4 atom stereocenters. The van der Waals surface area contributed by atoms with Gasteiger partial charge in [0.2, 0.25) is 5.88 Å². The zero-order valence-electron chi connectivity index (χ0n) is 22.6. The lowest BCUT2D eigenvalue weighted by atomic mass is 9.75. The van der Waals surface area contributed by atoms with E-state index in [4.69, 9.17) is 20.5 Å². The first-order chi connectivity index (χ1) is 16.9. The van der Waals surface area contributed by atoms with E-state index in [1.54, 1.807) is 13.3 Å². The lowest BCUT2D eigenvalue weighted by Gasteiger charge is -2.40. The summed E-state index contributed by atoms with van der Waals surface area (Å²) in [5.41, 5.74) is 13.5. The number of ether oxygens (including phenoxy) is 1. The first-order valence-electron chi connectivity index (χ1n) is 13.0. The normalized spacial score (nSPS) is 28.8. The summed E-state index contributed by atoms with van der Waals surface area (Å²) in [6, 6.07) is 10.8. The number of hydrazine groups is 1. The molecular formula is C28H44N6O. The molecule has 2 fully saturated rings. The van der Waals surface area contributed by atoms with Gasteiger partial charge in [0, 0.05) is 43.5 Å². The van der Waals surface area contributed by atoms with Crippen LogP contribution in [-0.2, 0) is 10.2 Å². The molecule has 0 aromatic heterocycles. The predicted molar refractivity (Wildman–Crippen MR) is 146 cm³/mol. The van der Waals surface area contributed by atoms with Gasteiger partial charge in [-0.3, -0.25) is 5.01 Å². The number of nitrogens with zero attached hydrogens (tertiary/aromatic N) is 3. The van der Waals surface area contributed by atoms with E-state index in [2.05, 4.69) is 59.9 Å². The van der Waals surface area contributed by atoms with Gasteiger partial charge >= 0.3 is 0 Å². The van der Waals surface area contributed by atoms with Gasteiger partial charge < -0.3 is 15.8 Å². The van der Waals surface area contributed by atoms with E-state index in [0.717, 1.165) is 31.0 Å². The second kappa shape index (κ2) is 11.8. The van der Waals surface area contributed by atoms with Gasteiger partial charge in [0.25, 0.3) is 0 Å². The number of piperidine rings is 1. The molecule has 5 rings (SSSR count). The molecular weight excluding hydrogens is 436 g/mol. The quantitative estimate of drug-likeness (QED) is 0.569. The first kappa shape index (κ1) is 26.8. The van der Waals surface area contributed by atoms with Gasteiger partial charge in [0.1, 0.15) is 12.0 Å². The Kier molecular flexibility index (Phi) is 9.00. The molecule has 1 aliphatic carbocycles. The number of hydrogen-bond acceptors (Lipinski definition) is 7. The lowest BCUT2D eigenvalue weighted by Crippen LogP contribution is -2.52. The maximum atomic E-state index is 5.51. The van der Waals surface area contributed by atoms with Crippen LogP contribution < -0.4 is 16.5 Å². The monoisotopic (exact) mass is 480 g/mol. The summed E-state index contributed by atoms with van der Waals surface area (Å²) in [6.07, 6.45) is 6.21. The van der Waals surface area contributed by atoms with Crippen molar-refractivity contribution in [1.82, 2.24) is 15.8 Å². The molecule has 0 bridgehead atoms. The third-order valence-corrected chi connectivity index (χ3v) is 7.13. The third-order valence-electron chi connectivity index (χ3n) is 7.13. The molecule has 1 saturated carbocycles. The molecule has 1 aromatic rings. The summed E-state index contributed by atoms with van der Waals surface area (Å²) in [5, 5.41) is 5.07. The molecule has 192 valence electrons. The fourth-order valence-electron chi connectivity index (χ4n) is 5.30. The lowest BCUT2D eigenvalue weighted by molar-refractivity contribution is 0.248. The smallest absolute Gasteiger partial charge is 0.212 e. The number of aliphatic imine (C=N–C) groups is 2. The topological polar surface area (TPSA) is 87.3 Å². The third kappa shape index (κ3) is 5.89. The molecule has 4 N–H and O–H groups in total. The fraction of sp³-hybridized carbons (Fsp3) is 0.571. The van der Waals surface area contributed by atoms with Crippen LogP contribution in [0.2, 0.25) is 0 Å². The molecule has 7 heteroatoms. The van der Waals surface area contributed by atoms with Gasteiger partial charge in [-0.25, -0.2) is 15.4 Å². The van der Waals surface area contributed by atoms with Crippen molar-refractivity contribution in [3.8, 4) is 0 Å². The minimum Gasteiger partial charge on any atom is -0.481 e. The summed E-state index contributed by atoms with van der Waals surface area (Å²) in [6.45, 7) is 11.3. The van der Waals surface area contributed by atoms with Crippen LogP contribution in [0.1, 0.15) is 65.9 Å². The fourth-order valence-corrected chi connectivity index (χ4v) is 5.30. The molecule has 35 heavy (non-hydrogen) atoms. The van der Waals surface area contributed by atoms with Crippen molar-refractivity contribution in [1.29, 1.82) is 0 Å². The molecule has 1 aromatic carbocycles. The largest absolute Gasteiger partial charge is 0.481 e. The number of amidine groups is 1. The Morgan fingerprint density at radius 1 is 1.29 bits per heavy atom. The standard InChI is InChI=1S/C22H28N4O.C4H10N2.C2H6/c1-14-16-12-17(16)18(23-20(14)27-3)13-19-24-21-22(2,10-7-11-26(21)25-19)15-8-5-4-6-9-15;1-4(5)3-6-2;1-2/h4-6,8-9,16-17,19,25H,7,10-13H2,1-3H3;3,6H,5H2,1-2H3;1-2H3/b;4-3-;/t16?,17?,19?,22-;;/m1../s1. The highest BCUT2D eigenvalue weighted by Crippen LogP contribution is 2.50. The van der Waals surface area contributed by atoms with Gasteiger partial charge in [-0.05, 0) is 57.1 Å². The van der Waals surface area contributed by atoms with Crippen LogP contribution in [0.15, 0.2) is 63.7 Å². The van der Waals surface area contributed by atoms with Gasteiger partial charge in [-0.1, -0.05) is 44.2 Å². The summed E-state index contributed by atoms with van der Waals surface area (Å²) in [4.78, 5) is 9.98. The number of fused-ring (bicyclic) bond motifs is 2. The maximum Gasteiger partial charge on any atom is 0.212 e. The van der Waals surface area contributed by atoms with E-state index in [0.29, 0.717) is 11.8 Å². The van der Waals surface area contributed by atoms with E-state index in [-0.39, 0.29) is 11.6 Å². The molecule has 1 saturated heterocycles. The van der Waals surface area contributed by atoms with Gasteiger partial charge in [0.15, 0.2) is 0 Å². The van der Waals surface area contributed by atoms with E-state index in [9.17, 15) is 0 Å². The summed E-state index contributed by atoms with van der Waals surface area (Å²) in [5.74, 6) is 3.25. The van der Waals surface area contributed by atoms with E-state index in [1.807, 2.05) is 27.8 Å². The number of nitrogens with two attached hydrogens (primary N) is 1. The first-order valence-corrected chi connectivity index (χ1v) is 13.0. The minimum absolute atomic E-state index is 0.0219. The Morgan fingerprint density at radius 3 is 2.60 bits per heavy atom. The Balaban J connectivity index is 0.000000377. The van der Waals surface area contributed by atoms with Crippen LogP contribution in [-0.4, -0.2) is 43.4 Å². The van der Waals surface area contributed by atoms with Crippen LogP contribution in [0.5, 0.6) is 0 Å². The number of benzene rings is 1. The van der Waals surface area contributed by atoms with E-state index >= 15 is 0 Å². The average molecular weight is 481 g/mol. The van der Waals surface area contributed by atoms with Crippen LogP contribution in [0.4, 0.5) is 0 Å². The maximum absolute atomic E-state index is 5.51. The molecule has 3 heterocycles. The summed E-state index contributed by atoms with van der Waals surface area (Å²) < 4.78 is 5.51. The molecule has 0 radical (unpaired) electrons. The Bertz CT molecular complexity index is 978. The molecule has 3 unspecified atom stereocenters. The van der Waals surface area contributed by atoms with Gasteiger partial charge in [-0.15, -0.1) is 0 Å². The zero-order chi connectivity index (χ0) is 25.6. The number of rotatable bonds is 5. The van der Waals surface area contributed by atoms with Crippen LogP contribution >= 0.6 is 0 Å². The van der Waals surface area contributed by atoms with Crippen molar-refractivity contribution in [3.63, 3.8) is 0 Å².